The predicted octanol–water partition coefficient (Wildman–Crippen LogP) is 5.56. The van der Waals surface area contributed by atoms with Gasteiger partial charge in [0.25, 0.3) is 0 Å². The quantitative estimate of drug-likeness (QED) is 0.672. The van der Waals surface area contributed by atoms with Crippen molar-refractivity contribution >= 4 is 11.7 Å². The van der Waals surface area contributed by atoms with Crippen LogP contribution in [-0.4, -0.2) is 18.8 Å². The van der Waals surface area contributed by atoms with Gasteiger partial charge in [0.1, 0.15) is 5.75 Å². The first-order chi connectivity index (χ1) is 13.6. The van der Waals surface area contributed by atoms with Gasteiger partial charge in [-0.05, 0) is 73.1 Å². The van der Waals surface area contributed by atoms with Crippen molar-refractivity contribution in [1.29, 1.82) is 0 Å². The van der Waals surface area contributed by atoms with Crippen molar-refractivity contribution in [3.8, 4) is 5.75 Å². The lowest BCUT2D eigenvalue weighted by molar-refractivity contribution is -0.131. The fraction of sp³-hybridized carbons (Fsp3) is 0.680. The molecule has 1 aromatic rings. The summed E-state index contributed by atoms with van der Waals surface area (Å²) in [4.78, 5) is 25.7. The molecule has 4 heteroatoms. The van der Waals surface area contributed by atoms with Crippen LogP contribution >= 0.6 is 0 Å². The maximum atomic E-state index is 13.7. The molecule has 2 N–H and O–H groups in total. The minimum absolute atomic E-state index is 0.0955. The molecule has 2 aliphatic rings. The Hall–Kier alpha value is -1.84. The van der Waals surface area contributed by atoms with Gasteiger partial charge in [-0.1, -0.05) is 41.0 Å². The second-order valence-corrected chi connectivity index (χ2v) is 9.63. The summed E-state index contributed by atoms with van der Waals surface area (Å²) in [5, 5.41) is 0. The Morgan fingerprint density at radius 1 is 1.07 bits per heavy atom. The van der Waals surface area contributed by atoms with Gasteiger partial charge in [-0.25, -0.2) is 0 Å². The number of ether oxygens (including phenoxy) is 1. The summed E-state index contributed by atoms with van der Waals surface area (Å²) in [6.45, 7) is 12.8. The Balaban J connectivity index is 0.00000145. The van der Waals surface area contributed by atoms with Gasteiger partial charge in [0, 0.05) is 17.4 Å². The number of rotatable bonds is 4. The highest BCUT2D eigenvalue weighted by molar-refractivity contribution is 5.99. The van der Waals surface area contributed by atoms with Gasteiger partial charge in [0.05, 0.1) is 7.11 Å². The molecule has 1 aromatic carbocycles. The van der Waals surface area contributed by atoms with Crippen LogP contribution < -0.4 is 10.5 Å². The minimum atomic E-state index is -0.266. The molecular weight excluding hydrogens is 362 g/mol. The standard InChI is InChI=1S/C23H33NO3.C2H6/c1-14-9-15(11-17(10-14)27-5)20(25)18-12-16(21(24)26)13-19-22(2,3)7-6-8-23(18,19)4;1-2/h9-11,16,18-19H,6-8,12-13H2,1-5H3,(H2,24,26);1-2H3. The van der Waals surface area contributed by atoms with Gasteiger partial charge in [0.15, 0.2) is 5.78 Å². The van der Waals surface area contributed by atoms with E-state index in [-0.39, 0.29) is 34.4 Å². The molecule has 1 amide bonds. The number of fused-ring (bicyclic) bond motifs is 1. The van der Waals surface area contributed by atoms with Crippen molar-refractivity contribution in [1.82, 2.24) is 0 Å². The topological polar surface area (TPSA) is 69.4 Å². The number of primary amides is 1. The summed E-state index contributed by atoms with van der Waals surface area (Å²) in [6, 6.07) is 5.69. The number of carbonyl (C=O) groups excluding carboxylic acids is 2. The number of Topliss-reactive ketones (excluding diaryl/α,β-unsaturated/α-hetero) is 1. The summed E-state index contributed by atoms with van der Waals surface area (Å²) in [5.74, 6) is 0.490. The van der Waals surface area contributed by atoms with Crippen molar-refractivity contribution in [3.63, 3.8) is 0 Å². The number of ketones is 1. The maximum Gasteiger partial charge on any atom is 0.220 e. The largest absolute Gasteiger partial charge is 0.497 e. The lowest BCUT2D eigenvalue weighted by Crippen LogP contribution is -2.54. The van der Waals surface area contributed by atoms with E-state index in [0.717, 1.165) is 31.2 Å². The van der Waals surface area contributed by atoms with Crippen LogP contribution in [0.25, 0.3) is 0 Å². The smallest absolute Gasteiger partial charge is 0.220 e. The summed E-state index contributed by atoms with van der Waals surface area (Å²) >= 11 is 0. The average molecular weight is 402 g/mol. The van der Waals surface area contributed by atoms with E-state index in [4.69, 9.17) is 10.5 Å². The second-order valence-electron chi connectivity index (χ2n) is 9.63. The van der Waals surface area contributed by atoms with Gasteiger partial charge in [-0.3, -0.25) is 9.59 Å². The highest BCUT2D eigenvalue weighted by Gasteiger charge is 2.56. The van der Waals surface area contributed by atoms with E-state index in [1.807, 2.05) is 39.0 Å². The Kier molecular flexibility index (Phi) is 7.19. The molecule has 2 fully saturated rings. The van der Waals surface area contributed by atoms with Crippen molar-refractivity contribution in [2.24, 2.45) is 34.3 Å². The lowest BCUT2D eigenvalue weighted by atomic mass is 9.46. The molecule has 0 radical (unpaired) electrons. The molecule has 162 valence electrons. The summed E-state index contributed by atoms with van der Waals surface area (Å²) < 4.78 is 5.37. The average Bonchev–Trinajstić information content (AvgIpc) is 2.67. The van der Waals surface area contributed by atoms with Crippen LogP contribution in [0.5, 0.6) is 5.75 Å². The van der Waals surface area contributed by atoms with Crippen LogP contribution in [0.4, 0.5) is 0 Å². The molecule has 4 unspecified atom stereocenters. The molecule has 4 atom stereocenters. The zero-order chi connectivity index (χ0) is 22.0. The molecule has 4 nitrogen and oxygen atoms in total. The zero-order valence-electron chi connectivity index (χ0n) is 19.3. The first-order valence-corrected chi connectivity index (χ1v) is 11.1. The predicted molar refractivity (Wildman–Crippen MR) is 118 cm³/mol. The lowest BCUT2D eigenvalue weighted by Gasteiger charge is -2.58. The number of carbonyl (C=O) groups is 2. The maximum absolute atomic E-state index is 13.7. The molecule has 0 saturated heterocycles. The SMILES string of the molecule is CC.COc1cc(C)cc(C(=O)C2CC(C(N)=O)CC3C(C)(C)CCCC23C)c1. The fourth-order valence-corrected chi connectivity index (χ4v) is 5.95. The van der Waals surface area contributed by atoms with Crippen molar-refractivity contribution in [3.05, 3.63) is 29.3 Å². The minimum Gasteiger partial charge on any atom is -0.497 e. The molecule has 29 heavy (non-hydrogen) atoms. The molecule has 2 saturated carbocycles. The normalized spacial score (nSPS) is 30.4. The summed E-state index contributed by atoms with van der Waals surface area (Å²) in [7, 11) is 1.62. The van der Waals surface area contributed by atoms with Crippen LogP contribution in [-0.2, 0) is 4.79 Å². The highest BCUT2D eigenvalue weighted by atomic mass is 16.5. The summed E-state index contributed by atoms with van der Waals surface area (Å²) in [5.41, 5.74) is 7.43. The van der Waals surface area contributed by atoms with E-state index in [9.17, 15) is 9.59 Å². The number of benzene rings is 1. The number of methoxy groups -OCH3 is 1. The third-order valence-corrected chi connectivity index (χ3v) is 7.40. The molecule has 0 bridgehead atoms. The van der Waals surface area contributed by atoms with Crippen molar-refractivity contribution in [2.45, 2.75) is 73.6 Å². The Morgan fingerprint density at radius 3 is 2.31 bits per heavy atom. The second kappa shape index (κ2) is 8.89. The highest BCUT2D eigenvalue weighted by Crippen LogP contribution is 2.61. The number of amides is 1. The van der Waals surface area contributed by atoms with E-state index in [1.54, 1.807) is 7.11 Å². The zero-order valence-corrected chi connectivity index (χ0v) is 19.3. The molecule has 3 rings (SSSR count). The number of hydrogen-bond acceptors (Lipinski definition) is 3. The third kappa shape index (κ3) is 4.51. The van der Waals surface area contributed by atoms with Crippen molar-refractivity contribution in [2.75, 3.05) is 7.11 Å². The number of hydrogen-bond donors (Lipinski definition) is 1. The van der Waals surface area contributed by atoms with E-state index >= 15 is 0 Å². The van der Waals surface area contributed by atoms with E-state index < -0.39 is 0 Å². The molecule has 0 aromatic heterocycles. The van der Waals surface area contributed by atoms with Gasteiger partial charge in [0.2, 0.25) is 5.91 Å². The first kappa shape index (κ1) is 23.4. The Labute approximate surface area is 176 Å². The first-order valence-electron chi connectivity index (χ1n) is 11.1. The van der Waals surface area contributed by atoms with Gasteiger partial charge in [-0.15, -0.1) is 0 Å². The summed E-state index contributed by atoms with van der Waals surface area (Å²) in [6.07, 6.45) is 4.67. The molecule has 0 aliphatic heterocycles. The molecular formula is C25H39NO3. The molecule has 2 aliphatic carbocycles. The van der Waals surface area contributed by atoms with Crippen molar-refractivity contribution < 1.29 is 14.3 Å². The Morgan fingerprint density at radius 2 is 1.72 bits per heavy atom. The third-order valence-electron chi connectivity index (χ3n) is 7.40. The van der Waals surface area contributed by atoms with Crippen LogP contribution in [0.15, 0.2) is 18.2 Å². The van der Waals surface area contributed by atoms with Crippen LogP contribution in [0.1, 0.15) is 82.6 Å². The van der Waals surface area contributed by atoms with Gasteiger partial charge in [-0.2, -0.15) is 0 Å². The van der Waals surface area contributed by atoms with Crippen LogP contribution in [0.3, 0.4) is 0 Å². The molecule has 0 spiro atoms. The monoisotopic (exact) mass is 401 g/mol. The molecule has 0 heterocycles. The fourth-order valence-electron chi connectivity index (χ4n) is 5.95. The van der Waals surface area contributed by atoms with Gasteiger partial charge >= 0.3 is 0 Å². The number of nitrogens with two attached hydrogens (primary N) is 1. The number of aryl methyl sites for hydroxylation is 1. The van der Waals surface area contributed by atoms with E-state index in [0.29, 0.717) is 23.7 Å². The van der Waals surface area contributed by atoms with Gasteiger partial charge < -0.3 is 10.5 Å². The van der Waals surface area contributed by atoms with E-state index in [2.05, 4.69) is 20.8 Å². The van der Waals surface area contributed by atoms with Crippen LogP contribution in [0.2, 0.25) is 0 Å². The Bertz CT molecular complexity index is 754. The van der Waals surface area contributed by atoms with E-state index in [1.165, 1.54) is 0 Å². The van der Waals surface area contributed by atoms with Crippen LogP contribution in [0, 0.1) is 35.5 Å².